The summed E-state index contributed by atoms with van der Waals surface area (Å²) in [6.07, 6.45) is 4.58. The molecule has 1 aromatic rings. The van der Waals surface area contributed by atoms with Crippen molar-refractivity contribution in [3.8, 4) is 6.07 Å². The van der Waals surface area contributed by atoms with Crippen molar-refractivity contribution in [2.24, 2.45) is 0 Å². The second-order valence-corrected chi connectivity index (χ2v) is 6.56. The van der Waals surface area contributed by atoms with Crippen LogP contribution in [0.1, 0.15) is 37.7 Å². The molecule has 0 radical (unpaired) electrons. The summed E-state index contributed by atoms with van der Waals surface area (Å²) < 4.78 is 26.9. The van der Waals surface area contributed by atoms with E-state index >= 15 is 0 Å². The Labute approximate surface area is 108 Å². The standard InChI is InChI=1S/C13H16N2O2S/c14-10-11-6-8-12(9-7-11)15-18(16,17)13-4-2-1-3-5-13/h6-9,13,15H,1-5H2. The number of nitriles is 1. The molecular weight excluding hydrogens is 248 g/mol. The van der Waals surface area contributed by atoms with E-state index in [1.54, 1.807) is 24.3 Å². The number of hydrogen-bond donors (Lipinski definition) is 1. The quantitative estimate of drug-likeness (QED) is 0.912. The number of anilines is 1. The molecule has 0 aromatic heterocycles. The molecule has 1 fully saturated rings. The summed E-state index contributed by atoms with van der Waals surface area (Å²) in [5, 5.41) is 8.40. The highest BCUT2D eigenvalue weighted by Gasteiger charge is 2.26. The lowest BCUT2D eigenvalue weighted by Gasteiger charge is -2.22. The van der Waals surface area contributed by atoms with Crippen LogP contribution in [0.2, 0.25) is 0 Å². The van der Waals surface area contributed by atoms with Crippen LogP contribution in [-0.4, -0.2) is 13.7 Å². The Hall–Kier alpha value is -1.54. The van der Waals surface area contributed by atoms with E-state index in [-0.39, 0.29) is 5.25 Å². The summed E-state index contributed by atoms with van der Waals surface area (Å²) in [6.45, 7) is 0. The Kier molecular flexibility index (Phi) is 3.87. The molecule has 0 heterocycles. The maximum absolute atomic E-state index is 12.1. The molecule has 1 N–H and O–H groups in total. The van der Waals surface area contributed by atoms with Gasteiger partial charge >= 0.3 is 0 Å². The van der Waals surface area contributed by atoms with E-state index in [0.29, 0.717) is 11.3 Å². The van der Waals surface area contributed by atoms with Crippen LogP contribution >= 0.6 is 0 Å². The van der Waals surface area contributed by atoms with Crippen LogP contribution in [0, 0.1) is 11.3 Å². The van der Waals surface area contributed by atoms with Crippen molar-refractivity contribution in [2.45, 2.75) is 37.4 Å². The number of nitrogens with zero attached hydrogens (tertiary/aromatic N) is 1. The lowest BCUT2D eigenvalue weighted by molar-refractivity contribution is 0.486. The third-order valence-electron chi connectivity index (χ3n) is 3.27. The number of sulfonamides is 1. The van der Waals surface area contributed by atoms with Crippen LogP contribution < -0.4 is 4.72 Å². The largest absolute Gasteiger partial charge is 0.283 e. The molecule has 1 aliphatic carbocycles. The summed E-state index contributed by atoms with van der Waals surface area (Å²) in [5.41, 5.74) is 1.05. The topological polar surface area (TPSA) is 70.0 Å². The first-order chi connectivity index (χ1) is 8.62. The lowest BCUT2D eigenvalue weighted by atomic mass is 10.0. The van der Waals surface area contributed by atoms with Crippen LogP contribution in [0.4, 0.5) is 5.69 Å². The minimum Gasteiger partial charge on any atom is -0.283 e. The molecule has 0 amide bonds. The molecule has 0 spiro atoms. The molecule has 4 nitrogen and oxygen atoms in total. The average Bonchev–Trinajstić information content (AvgIpc) is 2.40. The van der Waals surface area contributed by atoms with Crippen LogP contribution in [0.5, 0.6) is 0 Å². The highest BCUT2D eigenvalue weighted by molar-refractivity contribution is 7.93. The van der Waals surface area contributed by atoms with Crippen molar-refractivity contribution in [1.82, 2.24) is 0 Å². The Morgan fingerprint density at radius 3 is 2.28 bits per heavy atom. The van der Waals surface area contributed by atoms with Gasteiger partial charge in [0.1, 0.15) is 0 Å². The van der Waals surface area contributed by atoms with Gasteiger partial charge in [0, 0.05) is 5.69 Å². The molecule has 0 bridgehead atoms. The van der Waals surface area contributed by atoms with Crippen molar-refractivity contribution in [3.63, 3.8) is 0 Å². The minimum atomic E-state index is -3.29. The maximum atomic E-state index is 12.1. The Balaban J connectivity index is 2.09. The molecule has 96 valence electrons. The Morgan fingerprint density at radius 1 is 1.11 bits per heavy atom. The third kappa shape index (κ3) is 3.02. The van der Waals surface area contributed by atoms with Gasteiger partial charge in [-0.3, -0.25) is 4.72 Å². The SMILES string of the molecule is N#Cc1ccc(NS(=O)(=O)C2CCCCC2)cc1. The van der Waals surface area contributed by atoms with Gasteiger partial charge < -0.3 is 0 Å². The molecule has 0 saturated heterocycles. The maximum Gasteiger partial charge on any atom is 0.235 e. The zero-order valence-electron chi connectivity index (χ0n) is 10.1. The van der Waals surface area contributed by atoms with Gasteiger partial charge in [-0.1, -0.05) is 19.3 Å². The molecule has 1 aliphatic rings. The van der Waals surface area contributed by atoms with E-state index in [1.165, 1.54) is 0 Å². The zero-order chi connectivity index (χ0) is 13.0. The second kappa shape index (κ2) is 5.40. The van der Waals surface area contributed by atoms with Gasteiger partial charge in [0.05, 0.1) is 16.9 Å². The normalized spacial score (nSPS) is 17.1. The molecule has 0 atom stereocenters. The van der Waals surface area contributed by atoms with Crippen LogP contribution in [-0.2, 0) is 10.0 Å². The first kappa shape index (κ1) is 12.9. The molecule has 0 unspecified atom stereocenters. The highest BCUT2D eigenvalue weighted by Crippen LogP contribution is 2.25. The monoisotopic (exact) mass is 264 g/mol. The highest BCUT2D eigenvalue weighted by atomic mass is 32.2. The molecule has 1 aromatic carbocycles. The molecule has 5 heteroatoms. The van der Waals surface area contributed by atoms with Gasteiger partial charge in [0.2, 0.25) is 10.0 Å². The first-order valence-electron chi connectivity index (χ1n) is 6.13. The van der Waals surface area contributed by atoms with Crippen molar-refractivity contribution in [2.75, 3.05) is 4.72 Å². The number of nitrogens with one attached hydrogen (secondary N) is 1. The van der Waals surface area contributed by atoms with Gasteiger partial charge in [-0.2, -0.15) is 5.26 Å². The third-order valence-corrected chi connectivity index (χ3v) is 5.13. The summed E-state index contributed by atoms with van der Waals surface area (Å²) >= 11 is 0. The van der Waals surface area contributed by atoms with Crippen molar-refractivity contribution >= 4 is 15.7 Å². The summed E-state index contributed by atoms with van der Waals surface area (Å²) in [6, 6.07) is 8.47. The minimum absolute atomic E-state index is 0.276. The molecule has 0 aliphatic heterocycles. The van der Waals surface area contributed by atoms with E-state index in [1.807, 2.05) is 6.07 Å². The smallest absolute Gasteiger partial charge is 0.235 e. The molecule has 2 rings (SSSR count). The molecule has 18 heavy (non-hydrogen) atoms. The second-order valence-electron chi connectivity index (χ2n) is 4.60. The molecule has 1 saturated carbocycles. The average molecular weight is 264 g/mol. The van der Waals surface area contributed by atoms with Gasteiger partial charge in [-0.25, -0.2) is 8.42 Å². The zero-order valence-corrected chi connectivity index (χ0v) is 10.9. The van der Waals surface area contributed by atoms with Crippen LogP contribution in [0.25, 0.3) is 0 Å². The number of benzene rings is 1. The fourth-order valence-electron chi connectivity index (χ4n) is 2.24. The van der Waals surface area contributed by atoms with Gasteiger partial charge in [-0.05, 0) is 37.1 Å². The predicted molar refractivity (Wildman–Crippen MR) is 70.6 cm³/mol. The number of hydrogen-bond acceptors (Lipinski definition) is 3. The predicted octanol–water partition coefficient (Wildman–Crippen LogP) is 2.63. The van der Waals surface area contributed by atoms with E-state index in [9.17, 15) is 8.42 Å². The van der Waals surface area contributed by atoms with Gasteiger partial charge in [0.15, 0.2) is 0 Å². The summed E-state index contributed by atoms with van der Waals surface area (Å²) in [4.78, 5) is 0. The van der Waals surface area contributed by atoms with Gasteiger partial charge in [0.25, 0.3) is 0 Å². The fraction of sp³-hybridized carbons (Fsp3) is 0.462. The van der Waals surface area contributed by atoms with Crippen LogP contribution in [0.15, 0.2) is 24.3 Å². The first-order valence-corrected chi connectivity index (χ1v) is 7.68. The van der Waals surface area contributed by atoms with E-state index in [0.717, 1.165) is 32.1 Å². The van der Waals surface area contributed by atoms with Crippen molar-refractivity contribution in [1.29, 1.82) is 5.26 Å². The van der Waals surface area contributed by atoms with Crippen LogP contribution in [0.3, 0.4) is 0 Å². The van der Waals surface area contributed by atoms with E-state index < -0.39 is 10.0 Å². The Morgan fingerprint density at radius 2 is 1.72 bits per heavy atom. The van der Waals surface area contributed by atoms with Gasteiger partial charge in [-0.15, -0.1) is 0 Å². The summed E-state index contributed by atoms with van der Waals surface area (Å²) in [5.74, 6) is 0. The fourth-order valence-corrected chi connectivity index (χ4v) is 3.82. The Bertz CT molecular complexity index is 537. The lowest BCUT2D eigenvalue weighted by Crippen LogP contribution is -2.29. The number of rotatable bonds is 3. The van der Waals surface area contributed by atoms with Crippen molar-refractivity contribution < 1.29 is 8.42 Å². The molecular formula is C13H16N2O2S. The van der Waals surface area contributed by atoms with E-state index in [4.69, 9.17) is 5.26 Å². The van der Waals surface area contributed by atoms with Crippen molar-refractivity contribution in [3.05, 3.63) is 29.8 Å². The van der Waals surface area contributed by atoms with E-state index in [2.05, 4.69) is 4.72 Å². The summed E-state index contributed by atoms with van der Waals surface area (Å²) in [7, 11) is -3.29.